The number of rotatable bonds is 7. The lowest BCUT2D eigenvalue weighted by atomic mass is 10.0. The summed E-state index contributed by atoms with van der Waals surface area (Å²) in [5.41, 5.74) is 2.54. The Morgan fingerprint density at radius 2 is 2.10 bits per heavy atom. The monoisotopic (exact) mass is 271 g/mol. The van der Waals surface area contributed by atoms with Crippen LogP contribution in [0.5, 0.6) is 0 Å². The fraction of sp³-hybridized carbons (Fsp3) is 0.588. The summed E-state index contributed by atoms with van der Waals surface area (Å²) in [4.78, 5) is 0. The molecule has 3 nitrogen and oxygen atoms in total. The highest BCUT2D eigenvalue weighted by Gasteiger charge is 2.31. The number of nitrogens with one attached hydrogen (secondary N) is 1. The number of benzene rings is 1. The fourth-order valence-electron chi connectivity index (χ4n) is 3.03. The topological polar surface area (TPSA) is 29.9 Å². The van der Waals surface area contributed by atoms with Crippen LogP contribution in [0, 0.1) is 5.92 Å². The Balaban J connectivity index is 1.85. The van der Waals surface area contributed by atoms with E-state index in [0.29, 0.717) is 6.04 Å². The largest absolute Gasteiger partial charge is 0.313 e. The van der Waals surface area contributed by atoms with Gasteiger partial charge in [0, 0.05) is 24.4 Å². The predicted molar refractivity (Wildman–Crippen MR) is 83.9 cm³/mol. The van der Waals surface area contributed by atoms with Gasteiger partial charge in [-0.1, -0.05) is 25.1 Å². The molecule has 1 aromatic carbocycles. The molecule has 108 valence electrons. The summed E-state index contributed by atoms with van der Waals surface area (Å²) < 4.78 is 2.13. The Bertz CT molecular complexity index is 569. The molecule has 1 unspecified atom stereocenters. The summed E-state index contributed by atoms with van der Waals surface area (Å²) in [7, 11) is 0. The van der Waals surface area contributed by atoms with E-state index in [1.807, 2.05) is 0 Å². The molecule has 0 aliphatic heterocycles. The zero-order valence-electron chi connectivity index (χ0n) is 12.6. The first-order valence-electron chi connectivity index (χ1n) is 8.01. The van der Waals surface area contributed by atoms with Crippen LogP contribution in [0.4, 0.5) is 0 Å². The first kappa shape index (κ1) is 13.6. The number of fused-ring (bicyclic) bond motifs is 1. The quantitative estimate of drug-likeness (QED) is 0.836. The van der Waals surface area contributed by atoms with Gasteiger partial charge in [0.1, 0.15) is 0 Å². The standard InChI is InChI=1S/C17H25N3/c1-3-11-18-15(13-9-10-13)12-16-14-7-5-6-8-17(14)20(4-2)19-16/h5-8,13,15,18H,3-4,9-12H2,1-2H3. The Kier molecular flexibility index (Phi) is 4.06. The van der Waals surface area contributed by atoms with Crippen molar-refractivity contribution in [2.45, 2.75) is 52.1 Å². The van der Waals surface area contributed by atoms with Crippen LogP contribution in [-0.2, 0) is 13.0 Å². The molecule has 0 saturated heterocycles. The third-order valence-corrected chi connectivity index (χ3v) is 4.29. The summed E-state index contributed by atoms with van der Waals surface area (Å²) in [6, 6.07) is 9.24. The molecule has 20 heavy (non-hydrogen) atoms. The molecular weight excluding hydrogens is 246 g/mol. The minimum absolute atomic E-state index is 0.610. The third-order valence-electron chi connectivity index (χ3n) is 4.29. The van der Waals surface area contributed by atoms with E-state index in [-0.39, 0.29) is 0 Å². The molecule has 1 saturated carbocycles. The molecule has 1 aromatic heterocycles. The fourth-order valence-corrected chi connectivity index (χ4v) is 3.03. The van der Waals surface area contributed by atoms with E-state index in [9.17, 15) is 0 Å². The molecule has 1 fully saturated rings. The Morgan fingerprint density at radius 1 is 1.30 bits per heavy atom. The molecule has 0 spiro atoms. The van der Waals surface area contributed by atoms with Crippen molar-refractivity contribution in [3.8, 4) is 0 Å². The van der Waals surface area contributed by atoms with E-state index >= 15 is 0 Å². The molecule has 0 bridgehead atoms. The van der Waals surface area contributed by atoms with Crippen LogP contribution in [0.15, 0.2) is 24.3 Å². The van der Waals surface area contributed by atoms with E-state index in [4.69, 9.17) is 5.10 Å². The van der Waals surface area contributed by atoms with Gasteiger partial charge in [-0.25, -0.2) is 0 Å². The van der Waals surface area contributed by atoms with Crippen LogP contribution in [0.1, 0.15) is 38.8 Å². The van der Waals surface area contributed by atoms with Crippen LogP contribution < -0.4 is 5.32 Å². The highest BCUT2D eigenvalue weighted by molar-refractivity contribution is 5.82. The highest BCUT2D eigenvalue weighted by atomic mass is 15.3. The second kappa shape index (κ2) is 5.96. The molecular formula is C17H25N3. The van der Waals surface area contributed by atoms with Crippen LogP contribution >= 0.6 is 0 Å². The van der Waals surface area contributed by atoms with Crippen molar-refractivity contribution >= 4 is 10.9 Å². The molecule has 3 heteroatoms. The first-order valence-corrected chi connectivity index (χ1v) is 8.01. The van der Waals surface area contributed by atoms with Crippen molar-refractivity contribution in [2.75, 3.05) is 6.54 Å². The van der Waals surface area contributed by atoms with Gasteiger partial charge in [-0.2, -0.15) is 5.10 Å². The van der Waals surface area contributed by atoms with Crippen molar-refractivity contribution in [3.05, 3.63) is 30.0 Å². The maximum Gasteiger partial charge on any atom is 0.0718 e. The molecule has 1 heterocycles. The SMILES string of the molecule is CCCNC(Cc1nn(CC)c2ccccc12)C1CC1. The van der Waals surface area contributed by atoms with E-state index in [1.165, 1.54) is 35.9 Å². The van der Waals surface area contributed by atoms with Gasteiger partial charge in [0.05, 0.1) is 11.2 Å². The molecule has 0 amide bonds. The van der Waals surface area contributed by atoms with Gasteiger partial charge < -0.3 is 5.32 Å². The van der Waals surface area contributed by atoms with Crippen molar-refractivity contribution in [1.82, 2.24) is 15.1 Å². The number of para-hydroxylation sites is 1. The maximum atomic E-state index is 4.84. The van der Waals surface area contributed by atoms with Crippen LogP contribution in [0.3, 0.4) is 0 Å². The normalized spacial score (nSPS) is 16.7. The van der Waals surface area contributed by atoms with Gasteiger partial charge in [0.2, 0.25) is 0 Å². The number of aromatic nitrogens is 2. The van der Waals surface area contributed by atoms with Gasteiger partial charge in [-0.05, 0) is 44.7 Å². The van der Waals surface area contributed by atoms with E-state index in [2.05, 4.69) is 48.1 Å². The summed E-state index contributed by atoms with van der Waals surface area (Å²) >= 11 is 0. The molecule has 2 aromatic rings. The van der Waals surface area contributed by atoms with E-state index < -0.39 is 0 Å². The molecule has 0 radical (unpaired) electrons. The summed E-state index contributed by atoms with van der Waals surface area (Å²) in [6.07, 6.45) is 5.03. The van der Waals surface area contributed by atoms with Crippen molar-refractivity contribution in [3.63, 3.8) is 0 Å². The number of aryl methyl sites for hydroxylation is 1. The van der Waals surface area contributed by atoms with E-state index in [1.54, 1.807) is 0 Å². The average Bonchev–Trinajstić information content (AvgIpc) is 3.26. The highest BCUT2D eigenvalue weighted by Crippen LogP contribution is 2.34. The smallest absolute Gasteiger partial charge is 0.0718 e. The zero-order chi connectivity index (χ0) is 13.9. The maximum absolute atomic E-state index is 4.84. The number of hydrogen-bond donors (Lipinski definition) is 1. The minimum Gasteiger partial charge on any atom is -0.313 e. The molecule has 1 N–H and O–H groups in total. The van der Waals surface area contributed by atoms with Crippen molar-refractivity contribution in [1.29, 1.82) is 0 Å². The second-order valence-corrected chi connectivity index (χ2v) is 5.88. The van der Waals surface area contributed by atoms with Gasteiger partial charge in [-0.3, -0.25) is 4.68 Å². The first-order chi connectivity index (χ1) is 9.83. The van der Waals surface area contributed by atoms with E-state index in [0.717, 1.165) is 25.4 Å². The Morgan fingerprint density at radius 3 is 2.80 bits per heavy atom. The zero-order valence-corrected chi connectivity index (χ0v) is 12.6. The van der Waals surface area contributed by atoms with Gasteiger partial charge in [0.15, 0.2) is 0 Å². The average molecular weight is 271 g/mol. The Labute approximate surface area is 121 Å². The van der Waals surface area contributed by atoms with Gasteiger partial charge in [-0.15, -0.1) is 0 Å². The molecule has 1 aliphatic carbocycles. The van der Waals surface area contributed by atoms with Crippen LogP contribution in [-0.4, -0.2) is 22.4 Å². The third kappa shape index (κ3) is 2.73. The number of hydrogen-bond acceptors (Lipinski definition) is 2. The number of nitrogens with zero attached hydrogens (tertiary/aromatic N) is 2. The van der Waals surface area contributed by atoms with Crippen LogP contribution in [0.25, 0.3) is 10.9 Å². The minimum atomic E-state index is 0.610. The van der Waals surface area contributed by atoms with Crippen molar-refractivity contribution in [2.24, 2.45) is 5.92 Å². The lowest BCUT2D eigenvalue weighted by Crippen LogP contribution is -2.33. The lowest BCUT2D eigenvalue weighted by molar-refractivity contribution is 0.454. The molecule has 1 aliphatic rings. The van der Waals surface area contributed by atoms with Gasteiger partial charge in [0.25, 0.3) is 0 Å². The summed E-state index contributed by atoms with van der Waals surface area (Å²) in [5, 5.41) is 9.90. The van der Waals surface area contributed by atoms with Crippen LogP contribution in [0.2, 0.25) is 0 Å². The summed E-state index contributed by atoms with van der Waals surface area (Å²) in [5.74, 6) is 0.868. The summed E-state index contributed by atoms with van der Waals surface area (Å²) in [6.45, 7) is 6.46. The second-order valence-electron chi connectivity index (χ2n) is 5.88. The molecule has 3 rings (SSSR count). The Hall–Kier alpha value is -1.35. The predicted octanol–water partition coefficient (Wildman–Crippen LogP) is 3.38. The lowest BCUT2D eigenvalue weighted by Gasteiger charge is -2.16. The molecule has 1 atom stereocenters. The van der Waals surface area contributed by atoms with Gasteiger partial charge >= 0.3 is 0 Å². The van der Waals surface area contributed by atoms with Crippen molar-refractivity contribution < 1.29 is 0 Å².